The molecular weight excluding hydrogens is 346 g/mol. The van der Waals surface area contributed by atoms with Gasteiger partial charge in [0.1, 0.15) is 0 Å². The number of benzene rings is 2. The van der Waals surface area contributed by atoms with E-state index in [1.54, 1.807) is 36.7 Å². The van der Waals surface area contributed by atoms with E-state index in [1.807, 2.05) is 42.5 Å². The van der Waals surface area contributed by atoms with Crippen LogP contribution in [0.25, 0.3) is 22.2 Å². The molecular formula is C21H14ClN3O. The quantitative estimate of drug-likeness (QED) is 0.546. The van der Waals surface area contributed by atoms with Crippen molar-refractivity contribution in [3.63, 3.8) is 0 Å². The summed E-state index contributed by atoms with van der Waals surface area (Å²) in [5, 5.41) is 4.51. The SMILES string of the molecule is O=C(Nc1ccc2cccnc2c1)c1ccc(-c2ncccc2Cl)cc1. The van der Waals surface area contributed by atoms with E-state index >= 15 is 0 Å². The van der Waals surface area contributed by atoms with Crippen LogP contribution in [0, 0.1) is 0 Å². The van der Waals surface area contributed by atoms with Crippen molar-refractivity contribution in [3.8, 4) is 11.3 Å². The van der Waals surface area contributed by atoms with E-state index < -0.39 is 0 Å². The van der Waals surface area contributed by atoms with E-state index in [-0.39, 0.29) is 5.91 Å². The van der Waals surface area contributed by atoms with Crippen LogP contribution in [0.15, 0.2) is 79.1 Å². The normalized spacial score (nSPS) is 10.7. The molecule has 4 nitrogen and oxygen atoms in total. The minimum atomic E-state index is -0.182. The van der Waals surface area contributed by atoms with Gasteiger partial charge in [-0.25, -0.2) is 0 Å². The molecule has 0 saturated heterocycles. The Kier molecular flexibility index (Phi) is 4.33. The van der Waals surface area contributed by atoms with Crippen LogP contribution in [0.1, 0.15) is 10.4 Å². The summed E-state index contributed by atoms with van der Waals surface area (Å²) in [7, 11) is 0. The van der Waals surface area contributed by atoms with Gasteiger partial charge in [0.25, 0.3) is 5.91 Å². The van der Waals surface area contributed by atoms with Crippen molar-refractivity contribution in [1.29, 1.82) is 0 Å². The lowest BCUT2D eigenvalue weighted by Crippen LogP contribution is -2.11. The fourth-order valence-corrected chi connectivity index (χ4v) is 2.96. The summed E-state index contributed by atoms with van der Waals surface area (Å²) in [6.07, 6.45) is 3.42. The number of nitrogens with one attached hydrogen (secondary N) is 1. The van der Waals surface area contributed by atoms with Gasteiger partial charge < -0.3 is 5.32 Å². The molecule has 1 amide bonds. The Morgan fingerprint density at radius 2 is 1.65 bits per heavy atom. The molecule has 4 rings (SSSR count). The van der Waals surface area contributed by atoms with Gasteiger partial charge in [-0.1, -0.05) is 35.9 Å². The fraction of sp³-hybridized carbons (Fsp3) is 0. The van der Waals surface area contributed by atoms with Crippen molar-refractivity contribution in [3.05, 3.63) is 89.7 Å². The van der Waals surface area contributed by atoms with Gasteiger partial charge in [0.15, 0.2) is 0 Å². The van der Waals surface area contributed by atoms with E-state index in [0.29, 0.717) is 22.0 Å². The first-order valence-electron chi connectivity index (χ1n) is 8.08. The summed E-state index contributed by atoms with van der Waals surface area (Å²) < 4.78 is 0. The van der Waals surface area contributed by atoms with Gasteiger partial charge >= 0.3 is 0 Å². The first-order valence-corrected chi connectivity index (χ1v) is 8.45. The van der Waals surface area contributed by atoms with Crippen LogP contribution in [0.3, 0.4) is 0 Å². The number of hydrogen-bond acceptors (Lipinski definition) is 3. The molecule has 0 aliphatic heterocycles. The number of carbonyl (C=O) groups excluding carboxylic acids is 1. The van der Waals surface area contributed by atoms with Crippen molar-refractivity contribution in [1.82, 2.24) is 9.97 Å². The van der Waals surface area contributed by atoms with Crippen LogP contribution in [-0.4, -0.2) is 15.9 Å². The van der Waals surface area contributed by atoms with Crippen LogP contribution < -0.4 is 5.32 Å². The third-order valence-electron chi connectivity index (χ3n) is 4.04. The number of hydrogen-bond donors (Lipinski definition) is 1. The van der Waals surface area contributed by atoms with E-state index in [9.17, 15) is 4.79 Å². The number of nitrogens with zero attached hydrogens (tertiary/aromatic N) is 2. The van der Waals surface area contributed by atoms with Gasteiger partial charge in [-0.3, -0.25) is 14.8 Å². The molecule has 1 N–H and O–H groups in total. The third-order valence-corrected chi connectivity index (χ3v) is 4.35. The average Bonchev–Trinajstić information content (AvgIpc) is 2.68. The Balaban J connectivity index is 1.55. The minimum absolute atomic E-state index is 0.182. The zero-order valence-electron chi connectivity index (χ0n) is 13.7. The van der Waals surface area contributed by atoms with E-state index in [1.165, 1.54) is 0 Å². The van der Waals surface area contributed by atoms with Gasteiger partial charge in [0.05, 0.1) is 16.2 Å². The van der Waals surface area contributed by atoms with Crippen molar-refractivity contribution in [2.24, 2.45) is 0 Å². The maximum Gasteiger partial charge on any atom is 0.255 e. The number of fused-ring (bicyclic) bond motifs is 1. The largest absolute Gasteiger partial charge is 0.322 e. The van der Waals surface area contributed by atoms with Crippen molar-refractivity contribution in [2.45, 2.75) is 0 Å². The lowest BCUT2D eigenvalue weighted by Gasteiger charge is -2.08. The Morgan fingerprint density at radius 3 is 2.46 bits per heavy atom. The van der Waals surface area contributed by atoms with Crippen LogP contribution >= 0.6 is 11.6 Å². The maximum atomic E-state index is 12.5. The molecule has 0 aliphatic rings. The van der Waals surface area contributed by atoms with Gasteiger partial charge in [0.2, 0.25) is 0 Å². The Labute approximate surface area is 155 Å². The first kappa shape index (κ1) is 16.2. The van der Waals surface area contributed by atoms with Crippen molar-refractivity contribution in [2.75, 3.05) is 5.32 Å². The second kappa shape index (κ2) is 6.94. The third kappa shape index (κ3) is 3.27. The second-order valence-electron chi connectivity index (χ2n) is 5.78. The van der Waals surface area contributed by atoms with E-state index in [0.717, 1.165) is 16.5 Å². The molecule has 0 atom stereocenters. The van der Waals surface area contributed by atoms with Gasteiger partial charge in [-0.05, 0) is 42.5 Å². The smallest absolute Gasteiger partial charge is 0.255 e. The number of carbonyl (C=O) groups is 1. The monoisotopic (exact) mass is 359 g/mol. The Hall–Kier alpha value is -3.24. The lowest BCUT2D eigenvalue weighted by atomic mass is 10.1. The lowest BCUT2D eigenvalue weighted by molar-refractivity contribution is 0.102. The van der Waals surface area contributed by atoms with E-state index in [2.05, 4.69) is 15.3 Å². The minimum Gasteiger partial charge on any atom is -0.322 e. The Morgan fingerprint density at radius 1 is 0.885 bits per heavy atom. The van der Waals surface area contributed by atoms with Crippen LogP contribution in [-0.2, 0) is 0 Å². The molecule has 2 aromatic carbocycles. The zero-order valence-corrected chi connectivity index (χ0v) is 14.4. The topological polar surface area (TPSA) is 54.9 Å². The molecule has 2 aromatic heterocycles. The molecule has 0 aliphatic carbocycles. The Bertz CT molecular complexity index is 1090. The molecule has 4 aromatic rings. The summed E-state index contributed by atoms with van der Waals surface area (Å²) in [6.45, 7) is 0. The molecule has 2 heterocycles. The number of aromatic nitrogens is 2. The predicted octanol–water partition coefficient (Wildman–Crippen LogP) is 5.20. The predicted molar refractivity (Wildman–Crippen MR) is 104 cm³/mol. The molecule has 26 heavy (non-hydrogen) atoms. The number of rotatable bonds is 3. The van der Waals surface area contributed by atoms with Crippen LogP contribution in [0.2, 0.25) is 5.02 Å². The summed E-state index contributed by atoms with van der Waals surface area (Å²) in [5.41, 5.74) is 3.66. The summed E-state index contributed by atoms with van der Waals surface area (Å²) in [5.74, 6) is -0.182. The molecule has 0 bridgehead atoms. The van der Waals surface area contributed by atoms with Crippen LogP contribution in [0.4, 0.5) is 5.69 Å². The van der Waals surface area contributed by atoms with Gasteiger partial charge in [-0.15, -0.1) is 0 Å². The highest BCUT2D eigenvalue weighted by atomic mass is 35.5. The standard InChI is InChI=1S/C21H14ClN3O/c22-18-4-2-12-24-20(18)15-5-7-16(8-6-15)21(26)25-17-10-9-14-3-1-11-23-19(14)13-17/h1-13H,(H,25,26). The van der Waals surface area contributed by atoms with Crippen molar-refractivity contribution < 1.29 is 4.79 Å². The highest BCUT2D eigenvalue weighted by molar-refractivity contribution is 6.33. The highest BCUT2D eigenvalue weighted by Gasteiger charge is 2.09. The molecule has 5 heteroatoms. The highest BCUT2D eigenvalue weighted by Crippen LogP contribution is 2.25. The van der Waals surface area contributed by atoms with Crippen molar-refractivity contribution >= 4 is 34.1 Å². The second-order valence-corrected chi connectivity index (χ2v) is 6.18. The maximum absolute atomic E-state index is 12.5. The summed E-state index contributed by atoms with van der Waals surface area (Å²) in [6, 6.07) is 20.3. The van der Waals surface area contributed by atoms with Gasteiger partial charge in [-0.2, -0.15) is 0 Å². The summed E-state index contributed by atoms with van der Waals surface area (Å²) in [4.78, 5) is 21.1. The number of anilines is 1. The first-order chi connectivity index (χ1) is 12.7. The summed E-state index contributed by atoms with van der Waals surface area (Å²) >= 11 is 6.17. The fourth-order valence-electron chi connectivity index (χ4n) is 2.73. The molecule has 0 fully saturated rings. The molecule has 0 saturated carbocycles. The molecule has 0 unspecified atom stereocenters. The van der Waals surface area contributed by atoms with E-state index in [4.69, 9.17) is 11.6 Å². The molecule has 0 radical (unpaired) electrons. The molecule has 0 spiro atoms. The van der Waals surface area contributed by atoms with Gasteiger partial charge in [0, 0.05) is 34.6 Å². The zero-order chi connectivity index (χ0) is 17.9. The van der Waals surface area contributed by atoms with Crippen LogP contribution in [0.5, 0.6) is 0 Å². The number of amides is 1. The molecule has 126 valence electrons. The number of pyridine rings is 2. The number of halogens is 1. The average molecular weight is 360 g/mol.